The van der Waals surface area contributed by atoms with Crippen molar-refractivity contribution in [3.63, 3.8) is 0 Å². The van der Waals surface area contributed by atoms with E-state index in [9.17, 15) is 0 Å². The third-order valence-corrected chi connectivity index (χ3v) is 1.72. The molecule has 2 rings (SSSR count). The molecule has 0 aromatic heterocycles. The van der Waals surface area contributed by atoms with Crippen LogP contribution in [0, 0.1) is 0 Å². The fraction of sp³-hybridized carbons (Fsp3) is 0.222. The fourth-order valence-electron chi connectivity index (χ4n) is 1.19. The number of nitrogens with zero attached hydrogens (tertiary/aromatic N) is 1. The molecule has 1 aromatic rings. The van der Waals surface area contributed by atoms with Crippen LogP contribution in [-0.4, -0.2) is 18.9 Å². The Morgan fingerprint density at radius 3 is 2.50 bits per heavy atom. The van der Waals surface area contributed by atoms with Gasteiger partial charge in [-0.3, -0.25) is 4.99 Å². The number of hydrogen-bond acceptors (Lipinski definition) is 2. The molecule has 0 radical (unpaired) electrons. The first-order valence-electron chi connectivity index (χ1n) is 3.80. The van der Waals surface area contributed by atoms with Gasteiger partial charge >= 0.3 is 0 Å². The molecule has 0 saturated carbocycles. The largest absolute Gasteiger partial charge is 0.369 e. The van der Waals surface area contributed by atoms with Crippen LogP contribution in [0.15, 0.2) is 35.3 Å². The van der Waals surface area contributed by atoms with Gasteiger partial charge in [-0.2, -0.15) is 0 Å². The molecule has 3 heteroatoms. The smallest absolute Gasteiger partial charge is 0.128 e. The highest BCUT2D eigenvalue weighted by Gasteiger charge is 2.05. The Kier molecular flexibility index (Phi) is 2.82. The number of aliphatic imine (C=N–C) groups is 1. The molecule has 0 saturated heterocycles. The lowest BCUT2D eigenvalue weighted by molar-refractivity contribution is 0.960. The topological polar surface area (TPSA) is 60.9 Å². The minimum Gasteiger partial charge on any atom is -0.369 e. The zero-order chi connectivity index (χ0) is 7.52. The SMILES string of the molecule is [NH4+].c1ccc(C2=NCCN2)cc1. The van der Waals surface area contributed by atoms with Crippen molar-refractivity contribution in [2.24, 2.45) is 4.99 Å². The molecule has 0 unspecified atom stereocenters. The Morgan fingerprint density at radius 2 is 1.92 bits per heavy atom. The van der Waals surface area contributed by atoms with Gasteiger partial charge in [0.1, 0.15) is 5.84 Å². The van der Waals surface area contributed by atoms with E-state index in [0.717, 1.165) is 18.9 Å². The van der Waals surface area contributed by atoms with E-state index in [-0.39, 0.29) is 6.15 Å². The van der Waals surface area contributed by atoms with Crippen molar-refractivity contribution in [2.75, 3.05) is 13.1 Å². The number of benzene rings is 1. The van der Waals surface area contributed by atoms with Gasteiger partial charge in [0.25, 0.3) is 0 Å². The summed E-state index contributed by atoms with van der Waals surface area (Å²) in [6.45, 7) is 1.88. The lowest BCUT2D eigenvalue weighted by Gasteiger charge is -1.99. The molecule has 12 heavy (non-hydrogen) atoms. The summed E-state index contributed by atoms with van der Waals surface area (Å²) in [7, 11) is 0. The van der Waals surface area contributed by atoms with Crippen molar-refractivity contribution >= 4 is 5.84 Å². The Morgan fingerprint density at radius 1 is 1.17 bits per heavy atom. The van der Waals surface area contributed by atoms with E-state index < -0.39 is 0 Å². The normalized spacial score (nSPS) is 14.5. The first-order chi connectivity index (χ1) is 5.47. The summed E-state index contributed by atoms with van der Waals surface area (Å²) in [4.78, 5) is 4.31. The second-order valence-corrected chi connectivity index (χ2v) is 2.52. The van der Waals surface area contributed by atoms with Gasteiger partial charge in [-0.25, -0.2) is 0 Å². The van der Waals surface area contributed by atoms with Gasteiger partial charge in [-0.1, -0.05) is 30.3 Å². The zero-order valence-electron chi connectivity index (χ0n) is 7.25. The van der Waals surface area contributed by atoms with Crippen molar-refractivity contribution in [1.29, 1.82) is 0 Å². The van der Waals surface area contributed by atoms with E-state index in [1.165, 1.54) is 5.56 Å². The minimum absolute atomic E-state index is 0. The molecule has 0 atom stereocenters. The molecule has 1 aliphatic heterocycles. The summed E-state index contributed by atoms with van der Waals surface area (Å²) in [6.07, 6.45) is 0. The lowest BCUT2D eigenvalue weighted by atomic mass is 10.2. The lowest BCUT2D eigenvalue weighted by Crippen LogP contribution is -2.19. The fourth-order valence-corrected chi connectivity index (χ4v) is 1.19. The highest BCUT2D eigenvalue weighted by molar-refractivity contribution is 5.99. The Balaban J connectivity index is 0.000000720. The molecule has 64 valence electrons. The number of rotatable bonds is 1. The minimum atomic E-state index is 0. The van der Waals surface area contributed by atoms with E-state index in [2.05, 4.69) is 22.4 Å². The zero-order valence-corrected chi connectivity index (χ0v) is 7.25. The van der Waals surface area contributed by atoms with Crippen LogP contribution in [0.25, 0.3) is 0 Å². The Labute approximate surface area is 72.1 Å². The standard InChI is InChI=1S/C9H10N2.H3N/c1-2-4-8(5-3-1)9-10-6-7-11-9;/h1-5H,6-7H2,(H,10,11);1H3/p+1. The Hall–Kier alpha value is -1.35. The maximum atomic E-state index is 4.31. The maximum absolute atomic E-state index is 4.31. The van der Waals surface area contributed by atoms with Gasteiger partial charge in [0.05, 0.1) is 6.54 Å². The van der Waals surface area contributed by atoms with Crippen LogP contribution in [-0.2, 0) is 0 Å². The molecule has 1 aliphatic rings. The van der Waals surface area contributed by atoms with Crippen molar-refractivity contribution in [3.05, 3.63) is 35.9 Å². The van der Waals surface area contributed by atoms with Crippen LogP contribution in [0.4, 0.5) is 0 Å². The van der Waals surface area contributed by atoms with E-state index >= 15 is 0 Å². The van der Waals surface area contributed by atoms with Crippen LogP contribution < -0.4 is 11.5 Å². The predicted octanol–water partition coefficient (Wildman–Crippen LogP) is 1.41. The van der Waals surface area contributed by atoms with Crippen LogP contribution in [0.2, 0.25) is 0 Å². The van der Waals surface area contributed by atoms with Gasteiger partial charge in [0.2, 0.25) is 0 Å². The first kappa shape index (κ1) is 8.74. The van der Waals surface area contributed by atoms with E-state index in [0.29, 0.717) is 0 Å². The molecule has 1 heterocycles. The van der Waals surface area contributed by atoms with Gasteiger partial charge in [-0.05, 0) is 0 Å². The van der Waals surface area contributed by atoms with Gasteiger partial charge < -0.3 is 11.5 Å². The summed E-state index contributed by atoms with van der Waals surface area (Å²) in [6, 6.07) is 10.2. The monoisotopic (exact) mass is 164 g/mol. The summed E-state index contributed by atoms with van der Waals surface area (Å²) in [5.41, 5.74) is 1.19. The van der Waals surface area contributed by atoms with Crippen LogP contribution >= 0.6 is 0 Å². The summed E-state index contributed by atoms with van der Waals surface area (Å²) >= 11 is 0. The maximum Gasteiger partial charge on any atom is 0.128 e. The third kappa shape index (κ3) is 1.62. The van der Waals surface area contributed by atoms with Crippen LogP contribution in [0.5, 0.6) is 0 Å². The van der Waals surface area contributed by atoms with E-state index in [1.54, 1.807) is 0 Å². The van der Waals surface area contributed by atoms with Gasteiger partial charge in [0.15, 0.2) is 0 Å². The van der Waals surface area contributed by atoms with Crippen molar-refractivity contribution < 1.29 is 0 Å². The second kappa shape index (κ2) is 3.88. The molecular weight excluding hydrogens is 150 g/mol. The molecule has 0 bridgehead atoms. The average molecular weight is 164 g/mol. The average Bonchev–Trinajstić information content (AvgIpc) is 2.58. The number of nitrogens with one attached hydrogen (secondary N) is 1. The molecule has 0 amide bonds. The highest BCUT2D eigenvalue weighted by atomic mass is 15.1. The van der Waals surface area contributed by atoms with Crippen molar-refractivity contribution in [1.82, 2.24) is 11.5 Å². The molecule has 0 aliphatic carbocycles. The van der Waals surface area contributed by atoms with Crippen molar-refractivity contribution in [2.45, 2.75) is 0 Å². The molecule has 0 spiro atoms. The van der Waals surface area contributed by atoms with Crippen LogP contribution in [0.1, 0.15) is 5.56 Å². The molecule has 3 nitrogen and oxygen atoms in total. The molecular formula is C9H14N3+. The first-order valence-corrected chi connectivity index (χ1v) is 3.80. The summed E-state index contributed by atoms with van der Waals surface area (Å²) in [5.74, 6) is 1.03. The quantitative estimate of drug-likeness (QED) is 0.647. The number of quaternary nitrogens is 1. The summed E-state index contributed by atoms with van der Waals surface area (Å²) in [5, 5.41) is 3.22. The van der Waals surface area contributed by atoms with Crippen LogP contribution in [0.3, 0.4) is 0 Å². The molecule has 0 fully saturated rings. The number of hydrogen-bond donors (Lipinski definition) is 2. The predicted molar refractivity (Wildman–Crippen MR) is 51.8 cm³/mol. The van der Waals surface area contributed by atoms with Crippen molar-refractivity contribution in [3.8, 4) is 0 Å². The van der Waals surface area contributed by atoms with Gasteiger partial charge in [-0.15, -0.1) is 0 Å². The van der Waals surface area contributed by atoms with E-state index in [1.807, 2.05) is 18.2 Å². The summed E-state index contributed by atoms with van der Waals surface area (Å²) < 4.78 is 0. The molecule has 1 aromatic carbocycles. The second-order valence-electron chi connectivity index (χ2n) is 2.52. The van der Waals surface area contributed by atoms with E-state index in [4.69, 9.17) is 0 Å². The Bertz CT molecular complexity index is 266. The molecule has 5 N–H and O–H groups in total. The van der Waals surface area contributed by atoms with Gasteiger partial charge in [0, 0.05) is 12.1 Å². The number of amidine groups is 1. The highest BCUT2D eigenvalue weighted by Crippen LogP contribution is 2.01. The third-order valence-electron chi connectivity index (χ3n) is 1.72.